The zero-order valence-electron chi connectivity index (χ0n) is 17.6. The number of rotatable bonds is 7. The molecule has 0 bridgehead atoms. The third-order valence-electron chi connectivity index (χ3n) is 5.04. The number of anilines is 2. The molecule has 0 heterocycles. The predicted molar refractivity (Wildman–Crippen MR) is 122 cm³/mol. The number of carbonyl (C=O) groups is 2. The van der Waals surface area contributed by atoms with E-state index >= 15 is 0 Å². The highest BCUT2D eigenvalue weighted by Crippen LogP contribution is 2.27. The van der Waals surface area contributed by atoms with E-state index < -0.39 is 6.04 Å². The minimum atomic E-state index is -0.474. The van der Waals surface area contributed by atoms with Gasteiger partial charge >= 0.3 is 0 Å². The minimum absolute atomic E-state index is 0.114. The molecule has 0 saturated carbocycles. The van der Waals surface area contributed by atoms with Gasteiger partial charge in [0.1, 0.15) is 0 Å². The Kier molecular flexibility index (Phi) is 6.99. The van der Waals surface area contributed by atoms with Gasteiger partial charge in [0.2, 0.25) is 11.8 Å². The zero-order chi connectivity index (χ0) is 21.5. The number of carbonyl (C=O) groups excluding carboxylic acids is 2. The van der Waals surface area contributed by atoms with Crippen LogP contribution in [0.1, 0.15) is 12.5 Å². The molecule has 1 unspecified atom stereocenters. The maximum Gasteiger partial charge on any atom is 0.241 e. The van der Waals surface area contributed by atoms with Crippen molar-refractivity contribution >= 4 is 23.2 Å². The van der Waals surface area contributed by atoms with Crippen molar-refractivity contribution < 1.29 is 9.59 Å². The number of amides is 2. The van der Waals surface area contributed by atoms with Gasteiger partial charge < -0.3 is 10.6 Å². The number of hydrogen-bond acceptors (Lipinski definition) is 3. The summed E-state index contributed by atoms with van der Waals surface area (Å²) in [5, 5.41) is 5.87. The number of aryl methyl sites for hydroxylation is 1. The molecule has 0 aliphatic heterocycles. The van der Waals surface area contributed by atoms with E-state index in [0.29, 0.717) is 0 Å². The van der Waals surface area contributed by atoms with Crippen LogP contribution < -0.4 is 10.6 Å². The van der Waals surface area contributed by atoms with Crippen molar-refractivity contribution in [2.24, 2.45) is 0 Å². The molecule has 3 aromatic rings. The molecule has 3 aromatic carbocycles. The van der Waals surface area contributed by atoms with E-state index in [4.69, 9.17) is 0 Å². The summed E-state index contributed by atoms with van der Waals surface area (Å²) in [6.07, 6.45) is 0. The standard InChI is InChI=1S/C25H27N3O2/c1-18-13-15-21(16-14-18)26-24(29)17-28(3)19(2)25(30)27-23-12-8-7-11-22(23)20-9-5-4-6-10-20/h4-16,19H,17H2,1-3H3,(H,26,29)(H,27,30). The van der Waals surface area contributed by atoms with Gasteiger partial charge in [0.15, 0.2) is 0 Å². The molecule has 0 aliphatic rings. The monoisotopic (exact) mass is 401 g/mol. The van der Waals surface area contributed by atoms with Crippen LogP contribution in [0.15, 0.2) is 78.9 Å². The molecule has 3 rings (SSSR count). The maximum atomic E-state index is 12.8. The zero-order valence-corrected chi connectivity index (χ0v) is 17.6. The number of likely N-dealkylation sites (N-methyl/N-ethyl adjacent to an activating group) is 1. The minimum Gasteiger partial charge on any atom is -0.325 e. The van der Waals surface area contributed by atoms with Crippen molar-refractivity contribution in [1.29, 1.82) is 0 Å². The SMILES string of the molecule is Cc1ccc(NC(=O)CN(C)C(C)C(=O)Nc2ccccc2-c2ccccc2)cc1. The molecule has 1 atom stereocenters. The van der Waals surface area contributed by atoms with Crippen LogP contribution in [0.5, 0.6) is 0 Å². The van der Waals surface area contributed by atoms with Crippen molar-refractivity contribution in [3.63, 3.8) is 0 Å². The number of nitrogens with zero attached hydrogens (tertiary/aromatic N) is 1. The number of para-hydroxylation sites is 1. The summed E-state index contributed by atoms with van der Waals surface area (Å²) in [5.41, 5.74) is 4.61. The smallest absolute Gasteiger partial charge is 0.241 e. The molecule has 0 fully saturated rings. The molecular weight excluding hydrogens is 374 g/mol. The van der Waals surface area contributed by atoms with E-state index in [1.807, 2.05) is 85.8 Å². The summed E-state index contributed by atoms with van der Waals surface area (Å²) in [5.74, 6) is -0.324. The van der Waals surface area contributed by atoms with E-state index in [1.165, 1.54) is 0 Å². The first-order valence-corrected chi connectivity index (χ1v) is 9.96. The third-order valence-corrected chi connectivity index (χ3v) is 5.04. The molecule has 0 aromatic heterocycles. The van der Waals surface area contributed by atoms with Crippen LogP contribution in [-0.4, -0.2) is 36.3 Å². The largest absolute Gasteiger partial charge is 0.325 e. The molecule has 0 spiro atoms. The second kappa shape index (κ2) is 9.85. The fourth-order valence-corrected chi connectivity index (χ4v) is 3.10. The molecule has 5 nitrogen and oxygen atoms in total. The molecule has 2 N–H and O–H groups in total. The first-order valence-electron chi connectivity index (χ1n) is 9.96. The lowest BCUT2D eigenvalue weighted by molar-refractivity contribution is -0.122. The third kappa shape index (κ3) is 5.55. The van der Waals surface area contributed by atoms with Gasteiger partial charge in [0.05, 0.1) is 12.6 Å². The Morgan fingerprint density at radius 2 is 1.50 bits per heavy atom. The summed E-state index contributed by atoms with van der Waals surface area (Å²) in [7, 11) is 1.77. The van der Waals surface area contributed by atoms with E-state index in [-0.39, 0.29) is 18.4 Å². The molecule has 154 valence electrons. The lowest BCUT2D eigenvalue weighted by atomic mass is 10.0. The fourth-order valence-electron chi connectivity index (χ4n) is 3.10. The summed E-state index contributed by atoms with van der Waals surface area (Å²) in [4.78, 5) is 26.9. The number of hydrogen-bond donors (Lipinski definition) is 2. The highest BCUT2D eigenvalue weighted by molar-refractivity contribution is 5.99. The van der Waals surface area contributed by atoms with Gasteiger partial charge in [-0.05, 0) is 44.7 Å². The van der Waals surface area contributed by atoms with Gasteiger partial charge in [-0.1, -0.05) is 66.2 Å². The van der Waals surface area contributed by atoms with E-state index in [2.05, 4.69) is 10.6 Å². The van der Waals surface area contributed by atoms with Crippen LogP contribution in [0.25, 0.3) is 11.1 Å². The highest BCUT2D eigenvalue weighted by atomic mass is 16.2. The van der Waals surface area contributed by atoms with E-state index in [9.17, 15) is 9.59 Å². The van der Waals surface area contributed by atoms with Crippen LogP contribution in [0.3, 0.4) is 0 Å². The summed E-state index contributed by atoms with van der Waals surface area (Å²) < 4.78 is 0. The first kappa shape index (κ1) is 21.3. The Morgan fingerprint density at radius 3 is 2.20 bits per heavy atom. The first-order chi connectivity index (χ1) is 14.4. The Bertz CT molecular complexity index is 1000. The Morgan fingerprint density at radius 1 is 0.867 bits per heavy atom. The van der Waals surface area contributed by atoms with Gasteiger partial charge in [0, 0.05) is 16.9 Å². The average Bonchev–Trinajstić information content (AvgIpc) is 2.75. The van der Waals surface area contributed by atoms with Gasteiger partial charge in [-0.25, -0.2) is 0 Å². The van der Waals surface area contributed by atoms with Crippen molar-refractivity contribution in [1.82, 2.24) is 4.90 Å². The van der Waals surface area contributed by atoms with Crippen molar-refractivity contribution in [3.8, 4) is 11.1 Å². The lowest BCUT2D eigenvalue weighted by Crippen LogP contribution is -2.43. The lowest BCUT2D eigenvalue weighted by Gasteiger charge is -2.24. The Labute approximate surface area is 177 Å². The molecule has 2 amide bonds. The van der Waals surface area contributed by atoms with Crippen LogP contribution in [-0.2, 0) is 9.59 Å². The number of benzene rings is 3. The van der Waals surface area contributed by atoms with Crippen LogP contribution in [0, 0.1) is 6.92 Å². The molecule has 5 heteroatoms. The topological polar surface area (TPSA) is 61.4 Å². The van der Waals surface area contributed by atoms with Gasteiger partial charge in [0.25, 0.3) is 0 Å². The number of nitrogens with one attached hydrogen (secondary N) is 2. The van der Waals surface area contributed by atoms with Crippen molar-refractivity contribution in [3.05, 3.63) is 84.4 Å². The Hall–Kier alpha value is -3.44. The molecular formula is C25H27N3O2. The summed E-state index contributed by atoms with van der Waals surface area (Å²) >= 11 is 0. The molecule has 0 saturated heterocycles. The second-order valence-electron chi connectivity index (χ2n) is 7.41. The highest BCUT2D eigenvalue weighted by Gasteiger charge is 2.21. The van der Waals surface area contributed by atoms with Crippen molar-refractivity contribution in [2.75, 3.05) is 24.2 Å². The normalized spacial score (nSPS) is 11.7. The van der Waals surface area contributed by atoms with E-state index in [1.54, 1.807) is 18.9 Å². The van der Waals surface area contributed by atoms with Gasteiger partial charge in [-0.2, -0.15) is 0 Å². The molecule has 0 aliphatic carbocycles. The van der Waals surface area contributed by atoms with Gasteiger partial charge in [-0.3, -0.25) is 14.5 Å². The predicted octanol–water partition coefficient (Wildman–Crippen LogP) is 4.56. The average molecular weight is 402 g/mol. The quantitative estimate of drug-likeness (QED) is 0.610. The van der Waals surface area contributed by atoms with E-state index in [0.717, 1.165) is 28.1 Å². The summed E-state index contributed by atoms with van der Waals surface area (Å²) in [6, 6.07) is 24.8. The van der Waals surface area contributed by atoms with Crippen LogP contribution >= 0.6 is 0 Å². The Balaban J connectivity index is 1.62. The molecule has 30 heavy (non-hydrogen) atoms. The summed E-state index contributed by atoms with van der Waals surface area (Å²) in [6.45, 7) is 3.90. The fraction of sp³-hybridized carbons (Fsp3) is 0.200. The second-order valence-corrected chi connectivity index (χ2v) is 7.41. The maximum absolute atomic E-state index is 12.8. The molecule has 0 radical (unpaired) electrons. The van der Waals surface area contributed by atoms with Gasteiger partial charge in [-0.15, -0.1) is 0 Å². The van der Waals surface area contributed by atoms with Crippen LogP contribution in [0.4, 0.5) is 11.4 Å². The van der Waals surface area contributed by atoms with Crippen LogP contribution in [0.2, 0.25) is 0 Å². The van der Waals surface area contributed by atoms with Crippen molar-refractivity contribution in [2.45, 2.75) is 19.9 Å².